The van der Waals surface area contributed by atoms with Gasteiger partial charge in [-0.25, -0.2) is 0 Å². The predicted octanol–water partition coefficient (Wildman–Crippen LogP) is 2.90. The van der Waals surface area contributed by atoms with Crippen molar-refractivity contribution in [3.05, 3.63) is 66.1 Å². The van der Waals surface area contributed by atoms with Gasteiger partial charge in [-0.15, -0.1) is 0 Å². The van der Waals surface area contributed by atoms with Gasteiger partial charge >= 0.3 is 0 Å². The van der Waals surface area contributed by atoms with Crippen LogP contribution < -0.4 is 5.32 Å². The summed E-state index contributed by atoms with van der Waals surface area (Å²) in [5, 5.41) is 9.85. The molecular formula is C16H16N4O. The van der Waals surface area contributed by atoms with Crippen molar-refractivity contribution in [3.8, 4) is 11.3 Å². The number of amides is 1. The molecule has 5 heteroatoms. The molecule has 1 amide bonds. The van der Waals surface area contributed by atoms with Crippen LogP contribution in [-0.4, -0.2) is 21.1 Å². The molecule has 3 aromatic rings. The number of aromatic nitrogens is 3. The van der Waals surface area contributed by atoms with Gasteiger partial charge in [0.25, 0.3) is 5.91 Å². The fourth-order valence-corrected chi connectivity index (χ4v) is 2.25. The van der Waals surface area contributed by atoms with Gasteiger partial charge in [-0.1, -0.05) is 30.3 Å². The van der Waals surface area contributed by atoms with E-state index in [4.69, 9.17) is 0 Å². The van der Waals surface area contributed by atoms with Gasteiger partial charge in [0, 0.05) is 17.5 Å². The molecule has 0 fully saturated rings. The number of nitrogens with zero attached hydrogens (tertiary/aromatic N) is 1. The fraction of sp³-hybridized carbons (Fsp3) is 0.125. The average Bonchev–Trinajstić information content (AvgIpc) is 3.19. The highest BCUT2D eigenvalue weighted by molar-refractivity contribution is 5.99. The molecule has 3 N–H and O–H groups in total. The lowest BCUT2D eigenvalue weighted by molar-refractivity contribution is 0.0940. The minimum atomic E-state index is -0.148. The van der Waals surface area contributed by atoms with Crippen LogP contribution in [0.4, 0.5) is 0 Å². The molecule has 0 aliphatic heterocycles. The minimum absolute atomic E-state index is 0.0916. The number of H-pyrrole nitrogens is 2. The molecule has 2 aromatic heterocycles. The van der Waals surface area contributed by atoms with E-state index in [2.05, 4.69) is 20.5 Å². The van der Waals surface area contributed by atoms with E-state index in [1.807, 2.05) is 55.6 Å². The van der Waals surface area contributed by atoms with Gasteiger partial charge < -0.3 is 10.3 Å². The van der Waals surface area contributed by atoms with E-state index in [0.29, 0.717) is 5.56 Å². The third-order valence-corrected chi connectivity index (χ3v) is 3.38. The zero-order chi connectivity index (χ0) is 14.7. The molecule has 106 valence electrons. The first-order chi connectivity index (χ1) is 10.3. The first kappa shape index (κ1) is 13.2. The van der Waals surface area contributed by atoms with Crippen molar-refractivity contribution in [2.24, 2.45) is 0 Å². The van der Waals surface area contributed by atoms with E-state index in [1.165, 1.54) is 0 Å². The van der Waals surface area contributed by atoms with Crippen LogP contribution in [0.25, 0.3) is 11.3 Å². The summed E-state index contributed by atoms with van der Waals surface area (Å²) in [5.41, 5.74) is 3.17. The van der Waals surface area contributed by atoms with E-state index in [-0.39, 0.29) is 11.9 Å². The Morgan fingerprint density at radius 1 is 1.19 bits per heavy atom. The van der Waals surface area contributed by atoms with E-state index in [0.717, 1.165) is 17.0 Å². The SMILES string of the molecule is CC(NC(=O)c1cn[nH]c1-c1ccccc1)c1ccc[nH]1. The van der Waals surface area contributed by atoms with Gasteiger partial charge in [-0.2, -0.15) is 5.10 Å². The van der Waals surface area contributed by atoms with E-state index < -0.39 is 0 Å². The molecule has 0 aliphatic rings. The van der Waals surface area contributed by atoms with Crippen molar-refractivity contribution in [1.29, 1.82) is 0 Å². The number of hydrogen-bond donors (Lipinski definition) is 3. The first-order valence-corrected chi connectivity index (χ1v) is 6.78. The summed E-state index contributed by atoms with van der Waals surface area (Å²) < 4.78 is 0. The van der Waals surface area contributed by atoms with Crippen LogP contribution in [0.5, 0.6) is 0 Å². The zero-order valence-corrected chi connectivity index (χ0v) is 11.6. The Balaban J connectivity index is 1.82. The van der Waals surface area contributed by atoms with Gasteiger partial charge in [0.2, 0.25) is 0 Å². The maximum atomic E-state index is 12.4. The van der Waals surface area contributed by atoms with E-state index in [9.17, 15) is 4.79 Å². The number of benzene rings is 1. The molecule has 0 saturated carbocycles. The van der Waals surface area contributed by atoms with Crippen molar-refractivity contribution in [3.63, 3.8) is 0 Å². The summed E-state index contributed by atoms with van der Waals surface area (Å²) in [6.45, 7) is 1.94. The Hall–Kier alpha value is -2.82. The third-order valence-electron chi connectivity index (χ3n) is 3.38. The highest BCUT2D eigenvalue weighted by atomic mass is 16.1. The van der Waals surface area contributed by atoms with Crippen molar-refractivity contribution in [2.45, 2.75) is 13.0 Å². The van der Waals surface area contributed by atoms with Crippen molar-refractivity contribution in [1.82, 2.24) is 20.5 Å². The lowest BCUT2D eigenvalue weighted by atomic mass is 10.1. The standard InChI is InChI=1S/C16H16N4O/c1-11(14-8-5-9-17-14)19-16(21)13-10-18-20-15(13)12-6-3-2-4-7-12/h2-11,17H,1H3,(H,18,20)(H,19,21). The van der Waals surface area contributed by atoms with Crippen LogP contribution in [0.2, 0.25) is 0 Å². The molecule has 1 unspecified atom stereocenters. The minimum Gasteiger partial charge on any atom is -0.363 e. The van der Waals surface area contributed by atoms with Crippen molar-refractivity contribution < 1.29 is 4.79 Å². The van der Waals surface area contributed by atoms with E-state index >= 15 is 0 Å². The Labute approximate surface area is 122 Å². The highest BCUT2D eigenvalue weighted by Crippen LogP contribution is 2.21. The molecule has 5 nitrogen and oxygen atoms in total. The van der Waals surface area contributed by atoms with Crippen molar-refractivity contribution >= 4 is 5.91 Å². The third kappa shape index (κ3) is 2.72. The quantitative estimate of drug-likeness (QED) is 0.687. The maximum Gasteiger partial charge on any atom is 0.255 e. The first-order valence-electron chi connectivity index (χ1n) is 6.78. The topological polar surface area (TPSA) is 73.6 Å². The van der Waals surface area contributed by atoms with Gasteiger partial charge in [-0.3, -0.25) is 9.89 Å². The molecule has 0 aliphatic carbocycles. The van der Waals surface area contributed by atoms with Crippen LogP contribution in [0.15, 0.2) is 54.9 Å². The molecule has 1 atom stereocenters. The number of rotatable bonds is 4. The van der Waals surface area contributed by atoms with Gasteiger partial charge in [0.05, 0.1) is 23.5 Å². The lowest BCUT2D eigenvalue weighted by Gasteiger charge is -2.12. The second-order valence-electron chi connectivity index (χ2n) is 4.85. The number of nitrogens with one attached hydrogen (secondary N) is 3. The summed E-state index contributed by atoms with van der Waals surface area (Å²) >= 11 is 0. The molecule has 1 aromatic carbocycles. The Morgan fingerprint density at radius 3 is 2.71 bits per heavy atom. The molecule has 21 heavy (non-hydrogen) atoms. The Kier molecular flexibility index (Phi) is 3.55. The molecule has 0 radical (unpaired) electrons. The molecule has 0 spiro atoms. The summed E-state index contributed by atoms with van der Waals surface area (Å²) in [4.78, 5) is 15.5. The normalized spacial score (nSPS) is 12.0. The van der Waals surface area contributed by atoms with Crippen LogP contribution >= 0.6 is 0 Å². The Morgan fingerprint density at radius 2 is 2.00 bits per heavy atom. The van der Waals surface area contributed by atoms with Gasteiger partial charge in [0.15, 0.2) is 0 Å². The smallest absolute Gasteiger partial charge is 0.255 e. The number of carbonyl (C=O) groups excluding carboxylic acids is 1. The zero-order valence-electron chi connectivity index (χ0n) is 11.6. The van der Waals surface area contributed by atoms with Crippen molar-refractivity contribution in [2.75, 3.05) is 0 Å². The predicted molar refractivity (Wildman–Crippen MR) is 80.7 cm³/mol. The van der Waals surface area contributed by atoms with Gasteiger partial charge in [0.1, 0.15) is 0 Å². The fourth-order valence-electron chi connectivity index (χ4n) is 2.25. The lowest BCUT2D eigenvalue weighted by Crippen LogP contribution is -2.27. The van der Waals surface area contributed by atoms with Crippen LogP contribution in [0.3, 0.4) is 0 Å². The molecular weight excluding hydrogens is 264 g/mol. The van der Waals surface area contributed by atoms with Crippen LogP contribution in [0.1, 0.15) is 29.0 Å². The largest absolute Gasteiger partial charge is 0.363 e. The summed E-state index contributed by atoms with van der Waals surface area (Å²) in [5.74, 6) is -0.148. The summed E-state index contributed by atoms with van der Waals surface area (Å²) in [6.07, 6.45) is 3.39. The second-order valence-corrected chi connectivity index (χ2v) is 4.85. The molecule has 2 heterocycles. The monoisotopic (exact) mass is 280 g/mol. The molecule has 0 bridgehead atoms. The molecule has 0 saturated heterocycles. The highest BCUT2D eigenvalue weighted by Gasteiger charge is 2.17. The summed E-state index contributed by atoms with van der Waals surface area (Å²) in [7, 11) is 0. The van der Waals surface area contributed by atoms with Crippen LogP contribution in [-0.2, 0) is 0 Å². The Bertz CT molecular complexity index is 716. The average molecular weight is 280 g/mol. The van der Waals surface area contributed by atoms with E-state index in [1.54, 1.807) is 6.20 Å². The number of hydrogen-bond acceptors (Lipinski definition) is 2. The summed E-state index contributed by atoms with van der Waals surface area (Å²) in [6, 6.07) is 13.4. The number of carbonyl (C=O) groups is 1. The number of aromatic amines is 2. The molecule has 3 rings (SSSR count). The second kappa shape index (κ2) is 5.66. The van der Waals surface area contributed by atoms with Crippen LogP contribution in [0, 0.1) is 0 Å². The maximum absolute atomic E-state index is 12.4. The van der Waals surface area contributed by atoms with Gasteiger partial charge in [-0.05, 0) is 19.1 Å².